The van der Waals surface area contributed by atoms with E-state index in [2.05, 4.69) is 10.5 Å². The van der Waals surface area contributed by atoms with E-state index >= 15 is 0 Å². The van der Waals surface area contributed by atoms with Gasteiger partial charge in [0.25, 0.3) is 5.89 Å². The zero-order chi connectivity index (χ0) is 22.9. The summed E-state index contributed by atoms with van der Waals surface area (Å²) in [6, 6.07) is 14.7. The Hall–Kier alpha value is -3.16. The maximum absolute atomic E-state index is 13.1. The van der Waals surface area contributed by atoms with Crippen LogP contribution in [0.15, 0.2) is 58.8 Å². The summed E-state index contributed by atoms with van der Waals surface area (Å²) in [4.78, 5) is 19.5. The van der Waals surface area contributed by atoms with Crippen molar-refractivity contribution in [1.82, 2.24) is 20.4 Å². The highest BCUT2D eigenvalue weighted by Gasteiger charge is 2.37. The molecule has 7 nitrogen and oxygen atoms in total. The molecule has 2 amide bonds. The Bertz CT molecular complexity index is 1200. The minimum absolute atomic E-state index is 0.0143. The average molecular weight is 465 g/mol. The zero-order valence-corrected chi connectivity index (χ0v) is 19.3. The first-order chi connectivity index (χ1) is 16.0. The van der Waals surface area contributed by atoms with Crippen LogP contribution >= 0.6 is 11.6 Å². The molecular weight excluding hydrogens is 440 g/mol. The number of hydrogen-bond donors (Lipinski definition) is 1. The lowest BCUT2D eigenvalue weighted by molar-refractivity contribution is 0.0877. The lowest BCUT2D eigenvalue weighted by atomic mass is 9.94. The largest absolute Gasteiger partial charge is 0.376 e. The van der Waals surface area contributed by atoms with E-state index in [1.54, 1.807) is 11.0 Å². The summed E-state index contributed by atoms with van der Waals surface area (Å²) in [5.74, 6) is 0.864. The number of allylic oxidation sites excluding steroid dienone is 1. The number of nitrogens with one attached hydrogen (secondary N) is 1. The summed E-state index contributed by atoms with van der Waals surface area (Å²) < 4.78 is 11.5. The minimum atomic E-state index is -0.469. The minimum Gasteiger partial charge on any atom is -0.376 e. The highest BCUT2D eigenvalue weighted by atomic mass is 35.5. The second-order valence-corrected chi connectivity index (χ2v) is 8.91. The van der Waals surface area contributed by atoms with Crippen molar-refractivity contribution in [2.75, 3.05) is 13.2 Å². The van der Waals surface area contributed by atoms with Crippen molar-refractivity contribution >= 4 is 23.2 Å². The molecular formula is C25H25ClN4O3. The van der Waals surface area contributed by atoms with Crippen molar-refractivity contribution in [3.63, 3.8) is 0 Å². The van der Waals surface area contributed by atoms with Crippen LogP contribution in [0.25, 0.3) is 17.0 Å². The number of nitrogens with zero attached hydrogens (tertiary/aromatic N) is 3. The van der Waals surface area contributed by atoms with E-state index in [9.17, 15) is 4.79 Å². The number of aromatic nitrogens is 2. The van der Waals surface area contributed by atoms with Crippen LogP contribution < -0.4 is 5.32 Å². The molecule has 2 atom stereocenters. The lowest BCUT2D eigenvalue weighted by Gasteiger charge is -2.36. The number of aryl methyl sites for hydroxylation is 1. The number of urea groups is 1. The molecule has 1 saturated heterocycles. The van der Waals surface area contributed by atoms with Crippen molar-refractivity contribution < 1.29 is 14.1 Å². The quantitative estimate of drug-likeness (QED) is 0.548. The van der Waals surface area contributed by atoms with Crippen LogP contribution in [0.4, 0.5) is 4.79 Å². The van der Waals surface area contributed by atoms with Crippen molar-refractivity contribution in [1.29, 1.82) is 0 Å². The molecule has 0 aliphatic carbocycles. The van der Waals surface area contributed by atoms with Crippen LogP contribution in [0, 0.1) is 6.92 Å². The summed E-state index contributed by atoms with van der Waals surface area (Å²) >= 11 is 6.26. The molecule has 0 bridgehead atoms. The summed E-state index contributed by atoms with van der Waals surface area (Å²) in [6.45, 7) is 5.14. The van der Waals surface area contributed by atoms with Gasteiger partial charge in [-0.15, -0.1) is 0 Å². The molecule has 170 valence electrons. The van der Waals surface area contributed by atoms with Crippen molar-refractivity contribution in [3.8, 4) is 11.4 Å². The Morgan fingerprint density at radius 2 is 2.00 bits per heavy atom. The molecule has 8 heteroatoms. The number of carbonyl (C=O) groups excluding carboxylic acids is 1. The van der Waals surface area contributed by atoms with Gasteiger partial charge in [0.05, 0.1) is 24.3 Å². The van der Waals surface area contributed by atoms with Crippen LogP contribution in [-0.2, 0) is 4.74 Å². The molecule has 3 aromatic rings. The molecule has 2 aliphatic heterocycles. The van der Waals surface area contributed by atoms with E-state index in [-0.39, 0.29) is 12.1 Å². The van der Waals surface area contributed by atoms with E-state index in [0.29, 0.717) is 23.3 Å². The van der Waals surface area contributed by atoms with E-state index in [4.69, 9.17) is 25.8 Å². The van der Waals surface area contributed by atoms with Crippen LogP contribution in [0.1, 0.15) is 42.8 Å². The Kier molecular flexibility index (Phi) is 5.91. The molecule has 3 heterocycles. The SMILES string of the molecule is CC1=C(c2nc(-c3ccc(C)cc3)no2)C(c2cccc(Cl)c2)NC(=O)N1CC1CCCO1. The van der Waals surface area contributed by atoms with E-state index in [1.165, 1.54) is 0 Å². The van der Waals surface area contributed by atoms with Gasteiger partial charge in [-0.2, -0.15) is 4.98 Å². The molecule has 0 radical (unpaired) electrons. The van der Waals surface area contributed by atoms with Gasteiger partial charge in [-0.05, 0) is 44.4 Å². The normalized spacial score (nSPS) is 20.9. The number of halogens is 1. The zero-order valence-electron chi connectivity index (χ0n) is 18.5. The molecule has 2 aliphatic rings. The molecule has 1 fully saturated rings. The van der Waals surface area contributed by atoms with Gasteiger partial charge in [-0.3, -0.25) is 4.90 Å². The second-order valence-electron chi connectivity index (χ2n) is 8.47. The number of benzene rings is 2. The number of amides is 2. The van der Waals surface area contributed by atoms with Gasteiger partial charge in [0.1, 0.15) is 0 Å². The van der Waals surface area contributed by atoms with E-state index < -0.39 is 6.04 Å². The molecule has 2 aromatic carbocycles. The fourth-order valence-corrected chi connectivity index (χ4v) is 4.56. The molecule has 5 rings (SSSR count). The predicted molar refractivity (Wildman–Crippen MR) is 125 cm³/mol. The van der Waals surface area contributed by atoms with Gasteiger partial charge in [0.2, 0.25) is 5.82 Å². The average Bonchev–Trinajstić information content (AvgIpc) is 3.49. The van der Waals surface area contributed by atoms with Gasteiger partial charge >= 0.3 is 6.03 Å². The summed E-state index contributed by atoms with van der Waals surface area (Å²) in [5.41, 5.74) is 4.38. The van der Waals surface area contributed by atoms with Crippen LogP contribution in [-0.4, -0.2) is 40.3 Å². The van der Waals surface area contributed by atoms with Crippen LogP contribution in [0.2, 0.25) is 5.02 Å². The van der Waals surface area contributed by atoms with Gasteiger partial charge in [0, 0.05) is 22.9 Å². The fourth-order valence-electron chi connectivity index (χ4n) is 4.36. The van der Waals surface area contributed by atoms with Gasteiger partial charge < -0.3 is 14.6 Å². The number of hydrogen-bond acceptors (Lipinski definition) is 5. The molecule has 0 spiro atoms. The van der Waals surface area contributed by atoms with Crippen LogP contribution in [0.5, 0.6) is 0 Å². The number of rotatable bonds is 5. The van der Waals surface area contributed by atoms with E-state index in [0.717, 1.165) is 47.4 Å². The molecule has 0 saturated carbocycles. The Morgan fingerprint density at radius 1 is 1.18 bits per heavy atom. The van der Waals surface area contributed by atoms with Crippen molar-refractivity contribution in [2.24, 2.45) is 0 Å². The number of ether oxygens (including phenoxy) is 1. The highest BCUT2D eigenvalue weighted by molar-refractivity contribution is 6.30. The third-order valence-corrected chi connectivity index (χ3v) is 6.39. The summed E-state index contributed by atoms with van der Waals surface area (Å²) in [5, 5.41) is 7.91. The first-order valence-corrected chi connectivity index (χ1v) is 11.4. The molecule has 33 heavy (non-hydrogen) atoms. The van der Waals surface area contributed by atoms with Crippen LogP contribution in [0.3, 0.4) is 0 Å². The maximum atomic E-state index is 13.1. The third-order valence-electron chi connectivity index (χ3n) is 6.15. The van der Waals surface area contributed by atoms with E-state index in [1.807, 2.05) is 56.3 Å². The lowest BCUT2D eigenvalue weighted by Crippen LogP contribution is -2.48. The fraction of sp³-hybridized carbons (Fsp3) is 0.320. The Morgan fingerprint density at radius 3 is 2.73 bits per heavy atom. The predicted octanol–water partition coefficient (Wildman–Crippen LogP) is 5.37. The van der Waals surface area contributed by atoms with Gasteiger partial charge in [-0.25, -0.2) is 4.79 Å². The monoisotopic (exact) mass is 464 g/mol. The first kappa shape index (κ1) is 21.7. The Balaban J connectivity index is 1.57. The van der Waals surface area contributed by atoms with Gasteiger partial charge in [0.15, 0.2) is 0 Å². The standard InChI is InChI=1S/C25H25ClN4O3/c1-15-8-10-17(11-9-15)23-28-24(33-29-23)21-16(2)30(14-20-7-4-12-32-20)25(31)27-22(21)18-5-3-6-19(26)13-18/h3,5-6,8-11,13,20,22H,4,7,12,14H2,1-2H3,(H,27,31). The third kappa shape index (κ3) is 4.38. The smallest absolute Gasteiger partial charge is 0.322 e. The number of carbonyl (C=O) groups is 1. The topological polar surface area (TPSA) is 80.5 Å². The second kappa shape index (κ2) is 9.00. The molecule has 1 N–H and O–H groups in total. The van der Waals surface area contributed by atoms with Crippen molar-refractivity contribution in [3.05, 3.63) is 76.3 Å². The highest BCUT2D eigenvalue weighted by Crippen LogP contribution is 2.38. The molecule has 1 aromatic heterocycles. The van der Waals surface area contributed by atoms with Crippen molar-refractivity contribution in [2.45, 2.75) is 38.8 Å². The maximum Gasteiger partial charge on any atom is 0.322 e. The Labute approximate surface area is 197 Å². The molecule has 2 unspecified atom stereocenters. The summed E-state index contributed by atoms with van der Waals surface area (Å²) in [6.07, 6.45) is 1.95. The first-order valence-electron chi connectivity index (χ1n) is 11.1. The summed E-state index contributed by atoms with van der Waals surface area (Å²) in [7, 11) is 0. The van der Waals surface area contributed by atoms with Gasteiger partial charge in [-0.1, -0.05) is 58.7 Å².